The zero-order valence-electron chi connectivity index (χ0n) is 13.9. The Morgan fingerprint density at radius 1 is 1.00 bits per heavy atom. The summed E-state index contributed by atoms with van der Waals surface area (Å²) in [5, 5.41) is 5.93. The zero-order valence-corrected chi connectivity index (χ0v) is 17.0. The van der Waals surface area contributed by atoms with Crippen LogP contribution in [0, 0.1) is 0 Å². The quantitative estimate of drug-likeness (QED) is 0.589. The van der Waals surface area contributed by atoms with E-state index in [0.29, 0.717) is 20.9 Å². The van der Waals surface area contributed by atoms with Gasteiger partial charge in [0.1, 0.15) is 0 Å². The molecule has 3 aromatic rings. The fourth-order valence-corrected chi connectivity index (χ4v) is 4.48. The van der Waals surface area contributed by atoms with Crippen LogP contribution in [0.25, 0.3) is 11.3 Å². The molecule has 0 radical (unpaired) electrons. The summed E-state index contributed by atoms with van der Waals surface area (Å²) < 4.78 is 24.5. The topological polar surface area (TPSA) is 76.1 Å². The molecule has 3 rings (SSSR count). The Labute approximate surface area is 170 Å². The molecular weight excluding hydrogens is 427 g/mol. The molecular formula is C18H14Cl2N2O3S2. The Balaban J connectivity index is 1.59. The maximum Gasteiger partial charge on any atom is 0.227 e. The van der Waals surface area contributed by atoms with Gasteiger partial charge in [-0.25, -0.2) is 13.4 Å². The molecule has 140 valence electrons. The van der Waals surface area contributed by atoms with Gasteiger partial charge in [0.25, 0.3) is 0 Å². The minimum absolute atomic E-state index is 0.138. The highest BCUT2D eigenvalue weighted by Gasteiger charge is 2.17. The molecule has 0 spiro atoms. The number of nitrogens with zero attached hydrogens (tertiary/aromatic N) is 1. The Bertz CT molecular complexity index is 1050. The first-order valence-electron chi connectivity index (χ1n) is 7.83. The predicted molar refractivity (Wildman–Crippen MR) is 109 cm³/mol. The summed E-state index contributed by atoms with van der Waals surface area (Å²) in [5.41, 5.74) is 1.59. The van der Waals surface area contributed by atoms with Crippen LogP contribution >= 0.6 is 34.5 Å². The van der Waals surface area contributed by atoms with Gasteiger partial charge in [0.2, 0.25) is 5.91 Å². The summed E-state index contributed by atoms with van der Waals surface area (Å²) in [4.78, 5) is 16.6. The van der Waals surface area contributed by atoms with E-state index < -0.39 is 15.7 Å². The number of carbonyl (C=O) groups excluding carboxylic acids is 1. The molecule has 0 unspecified atom stereocenters. The molecule has 2 aromatic carbocycles. The molecule has 5 nitrogen and oxygen atoms in total. The highest BCUT2D eigenvalue weighted by Crippen LogP contribution is 2.26. The van der Waals surface area contributed by atoms with Crippen LogP contribution in [0.5, 0.6) is 0 Å². The number of rotatable bonds is 6. The van der Waals surface area contributed by atoms with Crippen LogP contribution in [0.15, 0.2) is 58.8 Å². The first-order valence-corrected chi connectivity index (χ1v) is 11.1. The fourth-order valence-electron chi connectivity index (χ4n) is 2.25. The maximum absolute atomic E-state index is 12.3. The molecule has 27 heavy (non-hydrogen) atoms. The van der Waals surface area contributed by atoms with E-state index in [4.69, 9.17) is 23.2 Å². The van der Waals surface area contributed by atoms with E-state index in [1.807, 2.05) is 17.5 Å². The lowest BCUT2D eigenvalue weighted by Gasteiger charge is -2.05. The van der Waals surface area contributed by atoms with Crippen LogP contribution in [0.1, 0.15) is 6.42 Å². The number of aromatic nitrogens is 1. The molecule has 0 saturated carbocycles. The third-order valence-corrected chi connectivity index (χ3v) is 6.65. The molecule has 0 aliphatic rings. The van der Waals surface area contributed by atoms with Crippen LogP contribution < -0.4 is 5.32 Å². The number of hydrogen-bond acceptors (Lipinski definition) is 5. The predicted octanol–water partition coefficient (Wildman–Crippen LogP) is 4.92. The van der Waals surface area contributed by atoms with Gasteiger partial charge in [0, 0.05) is 27.4 Å². The van der Waals surface area contributed by atoms with Crippen LogP contribution in [0.4, 0.5) is 5.13 Å². The Kier molecular flexibility index (Phi) is 6.16. The van der Waals surface area contributed by atoms with Gasteiger partial charge in [-0.3, -0.25) is 4.79 Å². The Hall–Kier alpha value is -1.93. The highest BCUT2D eigenvalue weighted by atomic mass is 35.5. The van der Waals surface area contributed by atoms with Gasteiger partial charge in [-0.1, -0.05) is 35.3 Å². The average molecular weight is 441 g/mol. The molecule has 0 aliphatic carbocycles. The number of thiazole rings is 1. The van der Waals surface area contributed by atoms with Gasteiger partial charge in [-0.15, -0.1) is 11.3 Å². The number of anilines is 1. The van der Waals surface area contributed by atoms with E-state index in [1.54, 1.807) is 12.1 Å². The van der Waals surface area contributed by atoms with Crippen molar-refractivity contribution in [3.8, 4) is 11.3 Å². The summed E-state index contributed by atoms with van der Waals surface area (Å²) in [6, 6.07) is 13.0. The van der Waals surface area contributed by atoms with Crippen LogP contribution in [0.2, 0.25) is 10.0 Å². The summed E-state index contributed by atoms with van der Waals surface area (Å²) in [7, 11) is -3.56. The van der Waals surface area contributed by atoms with Crippen molar-refractivity contribution in [1.29, 1.82) is 0 Å². The van der Waals surface area contributed by atoms with Gasteiger partial charge < -0.3 is 5.32 Å². The number of sulfone groups is 1. The molecule has 1 amide bonds. The number of benzene rings is 2. The molecule has 1 N–H and O–H groups in total. The fraction of sp³-hybridized carbons (Fsp3) is 0.111. The molecule has 9 heteroatoms. The van der Waals surface area contributed by atoms with E-state index in [-0.39, 0.29) is 17.1 Å². The second-order valence-electron chi connectivity index (χ2n) is 5.62. The SMILES string of the molecule is O=C(CCS(=O)(=O)c1ccc(Cl)cc1)Nc1nc(-c2ccc(Cl)cc2)cs1. The van der Waals surface area contributed by atoms with Crippen LogP contribution in [-0.4, -0.2) is 25.1 Å². The number of amides is 1. The van der Waals surface area contributed by atoms with Crippen molar-refractivity contribution in [3.63, 3.8) is 0 Å². The monoisotopic (exact) mass is 440 g/mol. The van der Waals surface area contributed by atoms with Crippen molar-refractivity contribution in [2.45, 2.75) is 11.3 Å². The first kappa shape index (κ1) is 19.8. The van der Waals surface area contributed by atoms with E-state index in [2.05, 4.69) is 10.3 Å². The lowest BCUT2D eigenvalue weighted by molar-refractivity contribution is -0.115. The minimum Gasteiger partial charge on any atom is -0.302 e. The minimum atomic E-state index is -3.56. The van der Waals surface area contributed by atoms with E-state index in [1.165, 1.54) is 35.6 Å². The van der Waals surface area contributed by atoms with Crippen LogP contribution in [0.3, 0.4) is 0 Å². The van der Waals surface area contributed by atoms with Crippen molar-refractivity contribution in [2.24, 2.45) is 0 Å². The van der Waals surface area contributed by atoms with Crippen molar-refractivity contribution < 1.29 is 13.2 Å². The Morgan fingerprint density at radius 3 is 2.22 bits per heavy atom. The third kappa shape index (κ3) is 5.29. The molecule has 0 aliphatic heterocycles. The van der Waals surface area contributed by atoms with E-state index in [0.717, 1.165) is 5.56 Å². The van der Waals surface area contributed by atoms with Gasteiger partial charge in [0.05, 0.1) is 16.3 Å². The number of halogens is 2. The Morgan fingerprint density at radius 2 is 1.59 bits per heavy atom. The van der Waals surface area contributed by atoms with Gasteiger partial charge in [0.15, 0.2) is 15.0 Å². The van der Waals surface area contributed by atoms with Crippen molar-refractivity contribution >= 4 is 55.4 Å². The number of nitrogens with one attached hydrogen (secondary N) is 1. The number of hydrogen-bond donors (Lipinski definition) is 1. The van der Waals surface area contributed by atoms with E-state index in [9.17, 15) is 13.2 Å². The van der Waals surface area contributed by atoms with Crippen molar-refractivity contribution in [3.05, 3.63) is 64.0 Å². The molecule has 0 saturated heterocycles. The van der Waals surface area contributed by atoms with Crippen molar-refractivity contribution in [2.75, 3.05) is 11.1 Å². The summed E-state index contributed by atoms with van der Waals surface area (Å²) in [6.07, 6.45) is -0.166. The van der Waals surface area contributed by atoms with Gasteiger partial charge in [-0.2, -0.15) is 0 Å². The summed E-state index contributed by atoms with van der Waals surface area (Å²) >= 11 is 12.9. The molecule has 0 bridgehead atoms. The first-order chi connectivity index (χ1) is 12.8. The highest BCUT2D eigenvalue weighted by molar-refractivity contribution is 7.91. The second kappa shape index (κ2) is 8.39. The second-order valence-corrected chi connectivity index (χ2v) is 9.46. The van der Waals surface area contributed by atoms with Gasteiger partial charge >= 0.3 is 0 Å². The lowest BCUT2D eigenvalue weighted by atomic mass is 10.2. The average Bonchev–Trinajstić information content (AvgIpc) is 3.09. The molecule has 0 fully saturated rings. The number of carbonyl (C=O) groups is 1. The third-order valence-electron chi connectivity index (χ3n) is 3.66. The normalized spacial score (nSPS) is 11.3. The molecule has 0 atom stereocenters. The standard InChI is InChI=1S/C18H14Cl2N2O3S2/c19-13-3-1-12(2-4-13)16-11-26-18(21-16)22-17(23)9-10-27(24,25)15-7-5-14(20)6-8-15/h1-8,11H,9-10H2,(H,21,22,23). The molecule has 1 heterocycles. The van der Waals surface area contributed by atoms with Crippen molar-refractivity contribution in [1.82, 2.24) is 4.98 Å². The smallest absolute Gasteiger partial charge is 0.227 e. The zero-order chi connectivity index (χ0) is 19.4. The van der Waals surface area contributed by atoms with Crippen LogP contribution in [-0.2, 0) is 14.6 Å². The maximum atomic E-state index is 12.3. The van der Waals surface area contributed by atoms with Gasteiger partial charge in [-0.05, 0) is 36.4 Å². The van der Waals surface area contributed by atoms with E-state index >= 15 is 0 Å². The largest absolute Gasteiger partial charge is 0.302 e. The lowest BCUT2D eigenvalue weighted by Crippen LogP contribution is -2.17. The molecule has 1 aromatic heterocycles. The summed E-state index contributed by atoms with van der Waals surface area (Å²) in [5.74, 6) is -0.708. The summed E-state index contributed by atoms with van der Waals surface area (Å²) in [6.45, 7) is 0.